The molecule has 0 aromatic heterocycles. The summed E-state index contributed by atoms with van der Waals surface area (Å²) in [4.78, 5) is 27.9. The molecular formula is C29H37F3N2O2. The van der Waals surface area contributed by atoms with Crippen LogP contribution in [0.15, 0.2) is 42.0 Å². The number of carbonyl (C=O) groups is 2. The van der Waals surface area contributed by atoms with Gasteiger partial charge in [0.25, 0.3) is 0 Å². The van der Waals surface area contributed by atoms with Crippen molar-refractivity contribution in [1.82, 2.24) is 10.2 Å². The van der Waals surface area contributed by atoms with E-state index in [1.54, 1.807) is 18.2 Å². The lowest BCUT2D eigenvalue weighted by molar-refractivity contribution is -0.197. The number of rotatable bonds is 3. The number of nitrogens with one attached hydrogen (secondary N) is 1. The summed E-state index contributed by atoms with van der Waals surface area (Å²) >= 11 is 0. The molecular weight excluding hydrogens is 465 g/mol. The first-order valence-corrected chi connectivity index (χ1v) is 13.2. The van der Waals surface area contributed by atoms with Crippen LogP contribution < -0.4 is 5.32 Å². The fourth-order valence-electron chi connectivity index (χ4n) is 8.44. The lowest BCUT2D eigenvalue weighted by Gasteiger charge is -2.61. The van der Waals surface area contributed by atoms with Crippen LogP contribution in [0.2, 0.25) is 0 Å². The summed E-state index contributed by atoms with van der Waals surface area (Å²) in [5, 5.41) is 2.41. The first-order valence-electron chi connectivity index (χ1n) is 13.2. The van der Waals surface area contributed by atoms with E-state index in [2.05, 4.69) is 19.2 Å². The molecule has 0 radical (unpaired) electrons. The van der Waals surface area contributed by atoms with Gasteiger partial charge in [0.15, 0.2) is 5.54 Å². The third-order valence-electron chi connectivity index (χ3n) is 10.7. The van der Waals surface area contributed by atoms with Crippen molar-refractivity contribution in [3.8, 4) is 0 Å². The van der Waals surface area contributed by atoms with Crippen LogP contribution in [0.1, 0.15) is 71.3 Å². The molecule has 4 aliphatic rings. The Hall–Kier alpha value is -2.31. The number of hydrogen-bond acceptors (Lipinski definition) is 2. The van der Waals surface area contributed by atoms with Crippen molar-refractivity contribution in [1.29, 1.82) is 0 Å². The topological polar surface area (TPSA) is 49.4 Å². The Balaban J connectivity index is 1.39. The number of nitrogens with zero attached hydrogens (tertiary/aromatic N) is 1. The predicted molar refractivity (Wildman–Crippen MR) is 132 cm³/mol. The molecule has 1 N–H and O–H groups in total. The average Bonchev–Trinajstić information content (AvgIpc) is 3.19. The van der Waals surface area contributed by atoms with Gasteiger partial charge in [0, 0.05) is 30.5 Å². The van der Waals surface area contributed by atoms with E-state index in [4.69, 9.17) is 0 Å². The van der Waals surface area contributed by atoms with Gasteiger partial charge in [-0.2, -0.15) is 13.2 Å². The zero-order valence-corrected chi connectivity index (χ0v) is 21.6. The van der Waals surface area contributed by atoms with E-state index in [1.807, 2.05) is 18.0 Å². The molecule has 2 amide bonds. The molecule has 7 heteroatoms. The van der Waals surface area contributed by atoms with Crippen LogP contribution in [-0.2, 0) is 15.1 Å². The lowest BCUT2D eigenvalue weighted by Crippen LogP contribution is -2.61. The van der Waals surface area contributed by atoms with Gasteiger partial charge < -0.3 is 10.2 Å². The maximum Gasteiger partial charge on any atom is 0.415 e. The summed E-state index contributed by atoms with van der Waals surface area (Å²) in [6.45, 7) is 5.48. The first kappa shape index (κ1) is 25.3. The number of piperidine rings is 1. The number of amides is 2. The molecule has 2 saturated carbocycles. The van der Waals surface area contributed by atoms with Gasteiger partial charge in [0.2, 0.25) is 11.8 Å². The quantitative estimate of drug-likeness (QED) is 0.553. The molecule has 1 unspecified atom stereocenters. The highest BCUT2D eigenvalue weighted by Crippen LogP contribution is 2.65. The van der Waals surface area contributed by atoms with Crippen LogP contribution in [0, 0.1) is 28.6 Å². The minimum Gasteiger partial charge on any atom is -0.342 e. The molecule has 0 spiro atoms. The second-order valence-corrected chi connectivity index (χ2v) is 12.2. The number of halogens is 3. The third kappa shape index (κ3) is 3.55. The molecule has 3 fully saturated rings. The highest BCUT2D eigenvalue weighted by Gasteiger charge is 2.61. The van der Waals surface area contributed by atoms with Gasteiger partial charge in [0.1, 0.15) is 0 Å². The van der Waals surface area contributed by atoms with Crippen LogP contribution in [0.25, 0.3) is 0 Å². The monoisotopic (exact) mass is 502 g/mol. The third-order valence-corrected chi connectivity index (χ3v) is 10.7. The molecule has 4 nitrogen and oxygen atoms in total. The second kappa shape index (κ2) is 8.35. The Morgan fingerprint density at radius 2 is 1.75 bits per heavy atom. The number of likely N-dealkylation sites (tertiary alicyclic amines) is 1. The van der Waals surface area contributed by atoms with Gasteiger partial charge in [0.05, 0.1) is 0 Å². The number of hydrogen-bond donors (Lipinski definition) is 1. The molecule has 3 aliphatic carbocycles. The summed E-state index contributed by atoms with van der Waals surface area (Å²) in [6, 6.07) is 7.87. The minimum absolute atomic E-state index is 0.0251. The fourth-order valence-corrected chi connectivity index (χ4v) is 8.44. The molecule has 1 aliphatic heterocycles. The average molecular weight is 503 g/mol. The highest BCUT2D eigenvalue weighted by atomic mass is 19.4. The molecule has 196 valence electrons. The van der Waals surface area contributed by atoms with Crippen LogP contribution in [0.4, 0.5) is 13.2 Å². The van der Waals surface area contributed by atoms with E-state index < -0.39 is 23.0 Å². The smallest absolute Gasteiger partial charge is 0.342 e. The summed E-state index contributed by atoms with van der Waals surface area (Å²) in [6.07, 6.45) is 3.14. The highest BCUT2D eigenvalue weighted by molar-refractivity contribution is 5.96. The summed E-state index contributed by atoms with van der Waals surface area (Å²) in [5.41, 5.74) is -2.31. The minimum atomic E-state index is -4.64. The Morgan fingerprint density at radius 3 is 2.42 bits per heavy atom. The van der Waals surface area contributed by atoms with Crippen LogP contribution in [0.3, 0.4) is 0 Å². The van der Waals surface area contributed by atoms with Crippen LogP contribution in [-0.4, -0.2) is 36.0 Å². The predicted octanol–water partition coefficient (Wildman–Crippen LogP) is 5.98. The number of benzene rings is 1. The van der Waals surface area contributed by atoms with Crippen molar-refractivity contribution in [2.75, 3.05) is 7.05 Å². The number of allylic oxidation sites excluding steroid dienone is 1. The normalized spacial score (nSPS) is 37.8. The van der Waals surface area contributed by atoms with Gasteiger partial charge >= 0.3 is 6.18 Å². The van der Waals surface area contributed by atoms with E-state index in [0.717, 1.165) is 45.4 Å². The van der Waals surface area contributed by atoms with Gasteiger partial charge in [-0.1, -0.05) is 50.3 Å². The molecule has 7 atom stereocenters. The Morgan fingerprint density at radius 1 is 1.06 bits per heavy atom. The number of carbonyl (C=O) groups excluding carboxylic acids is 2. The Bertz CT molecular complexity index is 1090. The zero-order chi connectivity index (χ0) is 26.1. The van der Waals surface area contributed by atoms with E-state index in [0.29, 0.717) is 23.8 Å². The van der Waals surface area contributed by atoms with E-state index in [1.165, 1.54) is 12.1 Å². The fraction of sp³-hybridized carbons (Fsp3) is 0.655. The molecule has 1 aromatic carbocycles. The maximum atomic E-state index is 14.3. The van der Waals surface area contributed by atoms with E-state index in [9.17, 15) is 22.8 Å². The van der Waals surface area contributed by atoms with Gasteiger partial charge in [-0.25, -0.2) is 0 Å². The zero-order valence-electron chi connectivity index (χ0n) is 21.6. The number of fused-ring (bicyclic) bond motifs is 5. The summed E-state index contributed by atoms with van der Waals surface area (Å²) in [5.74, 6) is 0.738. The molecule has 1 saturated heterocycles. The largest absolute Gasteiger partial charge is 0.415 e. The number of alkyl halides is 3. The van der Waals surface area contributed by atoms with Crippen LogP contribution >= 0.6 is 0 Å². The van der Waals surface area contributed by atoms with Crippen molar-refractivity contribution in [2.45, 2.75) is 83.5 Å². The van der Waals surface area contributed by atoms with Crippen molar-refractivity contribution >= 4 is 11.8 Å². The molecule has 1 aromatic rings. The van der Waals surface area contributed by atoms with Gasteiger partial charge in [-0.3, -0.25) is 9.59 Å². The molecule has 1 heterocycles. The molecule has 36 heavy (non-hydrogen) atoms. The lowest BCUT2D eigenvalue weighted by atomic mass is 9.47. The second-order valence-electron chi connectivity index (χ2n) is 12.2. The van der Waals surface area contributed by atoms with E-state index in [-0.39, 0.29) is 28.8 Å². The van der Waals surface area contributed by atoms with Crippen molar-refractivity contribution in [3.63, 3.8) is 0 Å². The Kier molecular flexibility index (Phi) is 5.88. The van der Waals surface area contributed by atoms with Gasteiger partial charge in [-0.05, 0) is 74.2 Å². The maximum absolute atomic E-state index is 14.3. The molecule has 5 rings (SSSR count). The van der Waals surface area contributed by atoms with Gasteiger partial charge in [-0.15, -0.1) is 0 Å². The van der Waals surface area contributed by atoms with Crippen LogP contribution in [0.5, 0.6) is 0 Å². The van der Waals surface area contributed by atoms with E-state index >= 15 is 0 Å². The van der Waals surface area contributed by atoms with Crippen molar-refractivity contribution < 1.29 is 22.8 Å². The molecule has 0 bridgehead atoms. The summed E-state index contributed by atoms with van der Waals surface area (Å²) in [7, 11) is 1.93. The SMILES string of the molecule is CN1C(=O)CC[C@]2(C)[C@H]3CC[C@]4(C)C(C(=O)NC(C)(c5ccccc5)C(F)(F)F)=CC[C@H]4[C@@H]3CC[C@@H]12. The Labute approximate surface area is 211 Å². The van der Waals surface area contributed by atoms with Crippen molar-refractivity contribution in [2.24, 2.45) is 28.6 Å². The summed E-state index contributed by atoms with van der Waals surface area (Å²) < 4.78 is 42.9. The van der Waals surface area contributed by atoms with Crippen molar-refractivity contribution in [3.05, 3.63) is 47.5 Å². The standard InChI is InChI=1S/C29H37F3N2O2/c1-26-16-14-21-19(10-13-23-27(21,2)17-15-24(35)34(23)4)20(26)11-12-22(26)25(36)33-28(3,29(30,31)32)18-8-6-5-7-9-18/h5-9,12,19-21,23H,10-11,13-17H2,1-4H3,(H,33,36)/t19-,20-,21-,23+,26-,27+,28?/m0/s1. The first-order chi connectivity index (χ1) is 16.8.